The quantitative estimate of drug-likeness (QED) is 0.320. The van der Waals surface area contributed by atoms with E-state index in [1.807, 2.05) is 13.0 Å². The third-order valence-electron chi connectivity index (χ3n) is 3.56. The Morgan fingerprint density at radius 1 is 1.19 bits per heavy atom. The summed E-state index contributed by atoms with van der Waals surface area (Å²) in [6, 6.07) is 10.3. The molecule has 7 heteroatoms. The molecule has 1 aromatic carbocycles. The highest BCUT2D eigenvalue weighted by molar-refractivity contribution is 7.81. The van der Waals surface area contributed by atoms with Crippen LogP contribution in [0.4, 0.5) is 14.5 Å². The van der Waals surface area contributed by atoms with Gasteiger partial charge in [-0.2, -0.15) is 4.57 Å². The van der Waals surface area contributed by atoms with Gasteiger partial charge in [-0.1, -0.05) is 18.3 Å². The Hall–Kier alpha value is -2.64. The van der Waals surface area contributed by atoms with Crippen molar-refractivity contribution < 1.29 is 18.5 Å². The second-order valence-corrected chi connectivity index (χ2v) is 6.88. The molecule has 26 heavy (non-hydrogen) atoms. The van der Waals surface area contributed by atoms with E-state index in [-0.39, 0.29) is 22.1 Å². The van der Waals surface area contributed by atoms with Crippen molar-refractivity contribution >= 4 is 45.7 Å². The first-order valence-corrected chi connectivity index (χ1v) is 8.94. The van der Waals surface area contributed by atoms with Crippen LogP contribution in [0.5, 0.6) is 0 Å². The van der Waals surface area contributed by atoms with Crippen molar-refractivity contribution in [3.63, 3.8) is 0 Å². The van der Waals surface area contributed by atoms with Crippen molar-refractivity contribution in [2.45, 2.75) is 6.92 Å². The normalized spacial score (nSPS) is 11.8. The Balaban J connectivity index is 2.06. The summed E-state index contributed by atoms with van der Waals surface area (Å²) < 4.78 is 28.7. The van der Waals surface area contributed by atoms with E-state index in [0.717, 1.165) is 17.7 Å². The summed E-state index contributed by atoms with van der Waals surface area (Å²) in [5.74, 6) is -1.76. The molecule has 2 heterocycles. The number of nitrogens with one attached hydrogen (secondary N) is 1. The lowest BCUT2D eigenvalue weighted by Gasteiger charge is -2.16. The molecule has 1 N–H and O–H groups in total. The van der Waals surface area contributed by atoms with Gasteiger partial charge in [-0.15, -0.1) is 11.3 Å². The average Bonchev–Trinajstić information content (AvgIpc) is 3.12. The van der Waals surface area contributed by atoms with E-state index >= 15 is 0 Å². The van der Waals surface area contributed by atoms with Gasteiger partial charge in [0.1, 0.15) is 11.6 Å². The number of thiophene rings is 1. The Kier molecular flexibility index (Phi) is 5.39. The zero-order valence-corrected chi connectivity index (χ0v) is 15.3. The number of pyridine rings is 1. The van der Waals surface area contributed by atoms with Crippen LogP contribution in [0.2, 0.25) is 0 Å². The van der Waals surface area contributed by atoms with Crippen molar-refractivity contribution in [3.8, 4) is 0 Å². The van der Waals surface area contributed by atoms with Crippen LogP contribution in [-0.2, 0) is 0 Å². The molecule has 0 amide bonds. The number of rotatable bonds is 4. The molecule has 0 saturated heterocycles. The van der Waals surface area contributed by atoms with Crippen molar-refractivity contribution in [2.75, 3.05) is 5.32 Å². The molecule has 0 saturated carbocycles. The number of halogens is 2. The molecule has 132 valence electrons. The lowest BCUT2D eigenvalue weighted by molar-refractivity contribution is -0.578. The second kappa shape index (κ2) is 7.72. The van der Waals surface area contributed by atoms with E-state index in [1.54, 1.807) is 40.5 Å². The van der Waals surface area contributed by atoms with Gasteiger partial charge in [0.05, 0.1) is 5.69 Å². The fourth-order valence-corrected chi connectivity index (χ4v) is 3.34. The van der Waals surface area contributed by atoms with Gasteiger partial charge in [0.25, 0.3) is 0 Å². The van der Waals surface area contributed by atoms with E-state index in [9.17, 15) is 13.9 Å². The number of thiocarbonyl (C=S) groups is 1. The molecule has 0 unspecified atom stereocenters. The maximum atomic E-state index is 14.0. The van der Waals surface area contributed by atoms with Crippen LogP contribution in [0.3, 0.4) is 0 Å². The molecular formula is C19H14F2N2OS2. The van der Waals surface area contributed by atoms with E-state index in [0.29, 0.717) is 4.88 Å². The van der Waals surface area contributed by atoms with E-state index in [1.165, 1.54) is 17.4 Å². The lowest BCUT2D eigenvalue weighted by Crippen LogP contribution is -2.40. The molecule has 0 aliphatic carbocycles. The minimum Gasteiger partial charge on any atom is -0.867 e. The fraction of sp³-hybridized carbons (Fsp3) is 0.0526. The summed E-state index contributed by atoms with van der Waals surface area (Å²) in [4.78, 5) is 0.558. The number of nitrogens with zero attached hydrogens (tertiary/aromatic N) is 1. The molecule has 0 atom stereocenters. The minimum atomic E-state index is -0.787. The maximum absolute atomic E-state index is 14.0. The van der Waals surface area contributed by atoms with Gasteiger partial charge in [-0.25, -0.2) is 8.78 Å². The average molecular weight is 388 g/mol. The topological polar surface area (TPSA) is 39.0 Å². The highest BCUT2D eigenvalue weighted by Gasteiger charge is 2.20. The van der Waals surface area contributed by atoms with Gasteiger partial charge in [-0.05, 0) is 42.3 Å². The zero-order valence-electron chi connectivity index (χ0n) is 13.7. The summed E-state index contributed by atoms with van der Waals surface area (Å²) in [6.45, 7) is 1.89. The molecule has 0 fully saturated rings. The largest absolute Gasteiger partial charge is 0.867 e. The minimum absolute atomic E-state index is 0.00105. The first-order valence-electron chi connectivity index (χ1n) is 7.65. The number of hydrogen-bond acceptors (Lipinski definition) is 3. The first kappa shape index (κ1) is 18.2. The summed E-state index contributed by atoms with van der Waals surface area (Å²) in [6.07, 6.45) is 3.46. The number of anilines is 1. The van der Waals surface area contributed by atoms with Crippen LogP contribution in [0.15, 0.2) is 60.2 Å². The van der Waals surface area contributed by atoms with Gasteiger partial charge in [0, 0.05) is 22.6 Å². The summed E-state index contributed by atoms with van der Waals surface area (Å²) in [5, 5.41) is 17.5. The summed E-state index contributed by atoms with van der Waals surface area (Å²) >= 11 is 6.67. The van der Waals surface area contributed by atoms with Gasteiger partial charge in [0.2, 0.25) is 5.70 Å². The highest BCUT2D eigenvalue weighted by Crippen LogP contribution is 2.22. The molecule has 0 aliphatic heterocycles. The van der Waals surface area contributed by atoms with Crippen LogP contribution < -0.4 is 15.0 Å². The summed E-state index contributed by atoms with van der Waals surface area (Å²) in [7, 11) is 0. The second-order valence-electron chi connectivity index (χ2n) is 5.52. The smallest absolute Gasteiger partial charge is 0.239 e. The van der Waals surface area contributed by atoms with Crippen LogP contribution in [0.25, 0.3) is 11.5 Å². The molecule has 3 aromatic rings. The standard InChI is InChI=1S/C19H14F2N2OS2/c1-12-4-2-8-23(11-12)17(18(24)16-5-3-9-26-16)19(25)22-15-7-6-13(20)10-14(15)21/h2-11H,1H3,(H-,22,24,25). The van der Waals surface area contributed by atoms with Gasteiger partial charge in [-0.3, -0.25) is 0 Å². The first-order chi connectivity index (χ1) is 12.5. The molecule has 2 aromatic heterocycles. The van der Waals surface area contributed by atoms with Crippen molar-refractivity contribution in [1.29, 1.82) is 0 Å². The Labute approximate surface area is 158 Å². The van der Waals surface area contributed by atoms with Crippen molar-refractivity contribution in [2.24, 2.45) is 0 Å². The molecular weight excluding hydrogens is 374 g/mol. The van der Waals surface area contributed by atoms with E-state index in [2.05, 4.69) is 5.32 Å². The molecule has 3 nitrogen and oxygen atoms in total. The van der Waals surface area contributed by atoms with Gasteiger partial charge < -0.3 is 10.4 Å². The zero-order chi connectivity index (χ0) is 18.7. The SMILES string of the molecule is Cc1ccc[n+](C(C(=S)Nc2ccc(F)cc2F)=C([O-])c2cccs2)c1. The van der Waals surface area contributed by atoms with Crippen LogP contribution in [0.1, 0.15) is 10.4 Å². The van der Waals surface area contributed by atoms with Crippen molar-refractivity contribution in [1.82, 2.24) is 0 Å². The van der Waals surface area contributed by atoms with E-state index < -0.39 is 11.6 Å². The van der Waals surface area contributed by atoms with Crippen molar-refractivity contribution in [3.05, 3.63) is 82.3 Å². The Morgan fingerprint density at radius 2 is 2.00 bits per heavy atom. The highest BCUT2D eigenvalue weighted by atomic mass is 32.1. The predicted octanol–water partition coefficient (Wildman–Crippen LogP) is 3.75. The Bertz CT molecular complexity index is 985. The number of aryl methyl sites for hydroxylation is 1. The summed E-state index contributed by atoms with van der Waals surface area (Å²) in [5.41, 5.74) is 1.12. The number of benzene rings is 1. The lowest BCUT2D eigenvalue weighted by atomic mass is 10.2. The van der Waals surface area contributed by atoms with Crippen LogP contribution in [0, 0.1) is 18.6 Å². The number of hydrogen-bond donors (Lipinski definition) is 1. The van der Waals surface area contributed by atoms with E-state index in [4.69, 9.17) is 12.2 Å². The third kappa shape index (κ3) is 3.95. The Morgan fingerprint density at radius 3 is 2.65 bits per heavy atom. The monoisotopic (exact) mass is 388 g/mol. The number of aromatic nitrogens is 1. The maximum Gasteiger partial charge on any atom is 0.239 e. The van der Waals surface area contributed by atoms with Gasteiger partial charge >= 0.3 is 0 Å². The molecule has 3 rings (SSSR count). The predicted molar refractivity (Wildman–Crippen MR) is 101 cm³/mol. The van der Waals surface area contributed by atoms with Gasteiger partial charge in [0.15, 0.2) is 17.4 Å². The third-order valence-corrected chi connectivity index (χ3v) is 4.73. The van der Waals surface area contributed by atoms with Crippen LogP contribution >= 0.6 is 23.6 Å². The molecule has 0 aliphatic rings. The fourth-order valence-electron chi connectivity index (χ4n) is 2.37. The molecule has 0 bridgehead atoms. The van der Waals surface area contributed by atoms with Crippen LogP contribution in [-0.4, -0.2) is 4.99 Å². The molecule has 0 spiro atoms. The molecule has 0 radical (unpaired) electrons.